The molecular weight excluding hydrogens is 425 g/mol. The molecule has 4 rings (SSSR count). The number of ether oxygens (including phenoxy) is 1. The summed E-state index contributed by atoms with van der Waals surface area (Å²) in [7, 11) is 1.61. The number of halogens is 2. The van der Waals surface area contributed by atoms with Gasteiger partial charge in [0.1, 0.15) is 11.6 Å². The van der Waals surface area contributed by atoms with Gasteiger partial charge >= 0.3 is 0 Å². The van der Waals surface area contributed by atoms with Gasteiger partial charge in [-0.3, -0.25) is 4.98 Å². The molecule has 2 aromatic carbocycles. The SMILES string of the molecule is COc1ccc(F)cc1CNCCCNc1ccnc2cc(C3CCCCC3)ccc12.Cl. The molecule has 1 saturated carbocycles. The van der Waals surface area contributed by atoms with Crippen LogP contribution in [0.15, 0.2) is 48.7 Å². The molecule has 0 amide bonds. The van der Waals surface area contributed by atoms with Gasteiger partial charge in [-0.2, -0.15) is 0 Å². The number of hydrogen-bond acceptors (Lipinski definition) is 4. The van der Waals surface area contributed by atoms with E-state index in [0.29, 0.717) is 18.2 Å². The van der Waals surface area contributed by atoms with Crippen molar-refractivity contribution in [3.8, 4) is 5.75 Å². The van der Waals surface area contributed by atoms with Gasteiger partial charge in [-0.05, 0) is 67.6 Å². The Labute approximate surface area is 196 Å². The fourth-order valence-electron chi connectivity index (χ4n) is 4.55. The lowest BCUT2D eigenvalue weighted by molar-refractivity contribution is 0.406. The van der Waals surface area contributed by atoms with E-state index in [1.165, 1.54) is 55.2 Å². The van der Waals surface area contributed by atoms with Gasteiger partial charge in [-0.15, -0.1) is 12.4 Å². The second-order valence-electron chi connectivity index (χ2n) is 8.38. The number of nitrogens with zero attached hydrogens (tertiary/aromatic N) is 1. The molecule has 32 heavy (non-hydrogen) atoms. The topological polar surface area (TPSA) is 46.2 Å². The molecule has 6 heteroatoms. The smallest absolute Gasteiger partial charge is 0.123 e. The van der Waals surface area contributed by atoms with Gasteiger partial charge in [0.25, 0.3) is 0 Å². The van der Waals surface area contributed by atoms with Crippen LogP contribution in [-0.4, -0.2) is 25.2 Å². The zero-order valence-electron chi connectivity index (χ0n) is 18.7. The lowest BCUT2D eigenvalue weighted by atomic mass is 9.84. The minimum Gasteiger partial charge on any atom is -0.496 e. The van der Waals surface area contributed by atoms with Crippen molar-refractivity contribution in [3.05, 3.63) is 65.6 Å². The predicted octanol–water partition coefficient (Wildman–Crippen LogP) is 6.44. The van der Waals surface area contributed by atoms with Crippen LogP contribution >= 0.6 is 12.4 Å². The third-order valence-electron chi connectivity index (χ3n) is 6.25. The number of benzene rings is 2. The third kappa shape index (κ3) is 6.11. The van der Waals surface area contributed by atoms with Crippen LogP contribution in [0.5, 0.6) is 5.75 Å². The van der Waals surface area contributed by atoms with E-state index in [4.69, 9.17) is 4.74 Å². The van der Waals surface area contributed by atoms with E-state index in [1.807, 2.05) is 12.3 Å². The molecule has 4 nitrogen and oxygen atoms in total. The molecule has 3 aromatic rings. The molecule has 1 aromatic heterocycles. The summed E-state index contributed by atoms with van der Waals surface area (Å²) in [5.41, 5.74) is 4.48. The zero-order chi connectivity index (χ0) is 21.5. The van der Waals surface area contributed by atoms with Crippen LogP contribution in [0.4, 0.5) is 10.1 Å². The maximum absolute atomic E-state index is 13.5. The fraction of sp³-hybridized carbons (Fsp3) is 0.423. The maximum Gasteiger partial charge on any atom is 0.123 e. The quantitative estimate of drug-likeness (QED) is 0.363. The molecule has 0 radical (unpaired) electrons. The fourth-order valence-corrected chi connectivity index (χ4v) is 4.55. The molecule has 1 aliphatic carbocycles. The van der Waals surface area contributed by atoms with Gasteiger partial charge in [-0.1, -0.05) is 31.4 Å². The predicted molar refractivity (Wildman–Crippen MR) is 133 cm³/mol. The molecule has 0 aliphatic heterocycles. The van der Waals surface area contributed by atoms with Crippen molar-refractivity contribution in [2.75, 3.05) is 25.5 Å². The average molecular weight is 458 g/mol. The molecular formula is C26H33ClFN3O. The first-order valence-electron chi connectivity index (χ1n) is 11.4. The molecule has 1 heterocycles. The van der Waals surface area contributed by atoms with Crippen molar-refractivity contribution in [1.29, 1.82) is 0 Å². The highest BCUT2D eigenvalue weighted by Crippen LogP contribution is 2.34. The minimum absolute atomic E-state index is 0. The highest BCUT2D eigenvalue weighted by atomic mass is 35.5. The van der Waals surface area contributed by atoms with E-state index in [0.717, 1.165) is 36.3 Å². The van der Waals surface area contributed by atoms with Crippen LogP contribution < -0.4 is 15.4 Å². The monoisotopic (exact) mass is 457 g/mol. The number of anilines is 1. The summed E-state index contributed by atoms with van der Waals surface area (Å²) in [4.78, 5) is 4.62. The Kier molecular flexibility index (Phi) is 9.12. The van der Waals surface area contributed by atoms with Gasteiger partial charge in [-0.25, -0.2) is 4.39 Å². The van der Waals surface area contributed by atoms with E-state index in [9.17, 15) is 4.39 Å². The number of nitrogens with one attached hydrogen (secondary N) is 2. The Morgan fingerprint density at radius 2 is 1.88 bits per heavy atom. The average Bonchev–Trinajstić information content (AvgIpc) is 2.81. The van der Waals surface area contributed by atoms with Crippen molar-refractivity contribution >= 4 is 29.0 Å². The van der Waals surface area contributed by atoms with Crippen molar-refractivity contribution in [2.24, 2.45) is 0 Å². The molecule has 0 unspecified atom stereocenters. The van der Waals surface area contributed by atoms with E-state index < -0.39 is 0 Å². The normalized spacial score (nSPS) is 14.2. The second-order valence-corrected chi connectivity index (χ2v) is 8.38. The molecule has 1 fully saturated rings. The minimum atomic E-state index is -0.240. The standard InChI is InChI=1S/C26H32FN3O.ClH/c1-31-26-11-9-22(27)16-21(26)18-28-13-5-14-29-24-12-15-30-25-17-20(8-10-23(24)25)19-6-3-2-4-7-19;/h8-12,15-17,19,28H,2-7,13-14,18H2,1H3,(H,29,30);1H. The van der Waals surface area contributed by atoms with Gasteiger partial charge in [0.2, 0.25) is 0 Å². The number of pyridine rings is 1. The highest BCUT2D eigenvalue weighted by Gasteiger charge is 2.16. The highest BCUT2D eigenvalue weighted by molar-refractivity contribution is 5.91. The number of methoxy groups -OCH3 is 1. The van der Waals surface area contributed by atoms with Crippen molar-refractivity contribution in [2.45, 2.75) is 51.0 Å². The van der Waals surface area contributed by atoms with Crippen LogP contribution in [0.25, 0.3) is 10.9 Å². The van der Waals surface area contributed by atoms with Crippen LogP contribution in [0.1, 0.15) is 55.6 Å². The molecule has 0 spiro atoms. The Balaban J connectivity index is 0.00000289. The Bertz CT molecular complexity index is 1010. The first-order chi connectivity index (χ1) is 15.2. The maximum atomic E-state index is 13.5. The third-order valence-corrected chi connectivity index (χ3v) is 6.25. The van der Waals surface area contributed by atoms with E-state index in [2.05, 4.69) is 33.8 Å². The zero-order valence-corrected chi connectivity index (χ0v) is 19.5. The lowest BCUT2D eigenvalue weighted by Gasteiger charge is -2.22. The first kappa shape index (κ1) is 24.3. The van der Waals surface area contributed by atoms with Gasteiger partial charge in [0, 0.05) is 35.9 Å². The molecule has 0 saturated heterocycles. The number of hydrogen-bond donors (Lipinski definition) is 2. The van der Waals surface area contributed by atoms with Gasteiger partial charge < -0.3 is 15.4 Å². The number of aromatic nitrogens is 1. The van der Waals surface area contributed by atoms with Crippen molar-refractivity contribution in [1.82, 2.24) is 10.3 Å². The summed E-state index contributed by atoms with van der Waals surface area (Å²) in [5.74, 6) is 1.16. The van der Waals surface area contributed by atoms with Crippen molar-refractivity contribution in [3.63, 3.8) is 0 Å². The van der Waals surface area contributed by atoms with Gasteiger partial charge in [0.15, 0.2) is 0 Å². The van der Waals surface area contributed by atoms with Crippen molar-refractivity contribution < 1.29 is 9.13 Å². The van der Waals surface area contributed by atoms with Crippen LogP contribution in [0.3, 0.4) is 0 Å². The second kappa shape index (κ2) is 12.0. The molecule has 0 atom stereocenters. The molecule has 0 bridgehead atoms. The summed E-state index contributed by atoms with van der Waals surface area (Å²) in [6, 6.07) is 13.5. The number of rotatable bonds is 9. The summed E-state index contributed by atoms with van der Waals surface area (Å²) in [6.07, 6.45) is 9.53. The Hall–Kier alpha value is -2.37. The molecule has 1 aliphatic rings. The molecule has 2 N–H and O–H groups in total. The van der Waals surface area contributed by atoms with Gasteiger partial charge in [0.05, 0.1) is 12.6 Å². The number of fused-ring (bicyclic) bond motifs is 1. The summed E-state index contributed by atoms with van der Waals surface area (Å²) < 4.78 is 18.8. The van der Waals surface area contributed by atoms with Crippen LogP contribution in [0.2, 0.25) is 0 Å². The first-order valence-corrected chi connectivity index (χ1v) is 11.4. The van der Waals surface area contributed by atoms with Crippen LogP contribution in [-0.2, 0) is 6.54 Å². The van der Waals surface area contributed by atoms with E-state index in [1.54, 1.807) is 13.2 Å². The lowest BCUT2D eigenvalue weighted by Crippen LogP contribution is -2.18. The molecule has 172 valence electrons. The van der Waals surface area contributed by atoms with E-state index in [-0.39, 0.29) is 18.2 Å². The Morgan fingerprint density at radius 1 is 1.03 bits per heavy atom. The van der Waals surface area contributed by atoms with Crippen LogP contribution in [0, 0.1) is 5.82 Å². The Morgan fingerprint density at radius 3 is 2.69 bits per heavy atom. The summed E-state index contributed by atoms with van der Waals surface area (Å²) >= 11 is 0. The summed E-state index contributed by atoms with van der Waals surface area (Å²) in [5, 5.41) is 8.10. The summed E-state index contributed by atoms with van der Waals surface area (Å²) in [6.45, 7) is 2.28. The largest absolute Gasteiger partial charge is 0.496 e. The van der Waals surface area contributed by atoms with E-state index >= 15 is 0 Å².